The maximum atomic E-state index is 13.9. The lowest BCUT2D eigenvalue weighted by atomic mass is 10.1. The zero-order chi connectivity index (χ0) is 27.1. The predicted molar refractivity (Wildman–Crippen MR) is 160 cm³/mol. The zero-order valence-corrected chi connectivity index (χ0v) is 23.2. The van der Waals surface area contributed by atoms with E-state index in [-0.39, 0.29) is 11.7 Å². The quantitative estimate of drug-likeness (QED) is 0.257. The highest BCUT2D eigenvalue weighted by Crippen LogP contribution is 2.43. The number of hydrogen-bond acceptors (Lipinski definition) is 6. The third kappa shape index (κ3) is 4.95. The van der Waals surface area contributed by atoms with Gasteiger partial charge in [-0.3, -0.25) is 9.59 Å². The van der Waals surface area contributed by atoms with Gasteiger partial charge in [-0.2, -0.15) is 0 Å². The van der Waals surface area contributed by atoms with E-state index < -0.39 is 0 Å². The lowest BCUT2D eigenvalue weighted by Crippen LogP contribution is -2.36. The molecule has 7 heteroatoms. The lowest BCUT2D eigenvalue weighted by Gasteiger charge is -2.28. The van der Waals surface area contributed by atoms with E-state index in [2.05, 4.69) is 41.3 Å². The summed E-state index contributed by atoms with van der Waals surface area (Å²) in [6.45, 7) is 3.82. The molecule has 1 amide bonds. The number of thiophene rings is 1. The Bertz CT molecular complexity index is 1570. The van der Waals surface area contributed by atoms with Crippen molar-refractivity contribution in [3.63, 3.8) is 0 Å². The largest absolute Gasteiger partial charge is 0.378 e. The summed E-state index contributed by atoms with van der Waals surface area (Å²) in [5.74, 6) is 0.713. The topological polar surface area (TPSA) is 62.7 Å². The minimum atomic E-state index is -0.112. The summed E-state index contributed by atoms with van der Waals surface area (Å²) < 4.78 is 5.47. The Morgan fingerprint density at radius 1 is 0.925 bits per heavy atom. The highest BCUT2D eigenvalue weighted by Gasteiger charge is 2.30. The van der Waals surface area contributed by atoms with E-state index in [9.17, 15) is 9.59 Å². The molecule has 202 valence electrons. The third-order valence-electron chi connectivity index (χ3n) is 8.05. The molecule has 6 nitrogen and oxygen atoms in total. The number of ether oxygens (including phenoxy) is 1. The van der Waals surface area contributed by atoms with Gasteiger partial charge in [0.2, 0.25) is 0 Å². The van der Waals surface area contributed by atoms with Crippen molar-refractivity contribution in [2.75, 3.05) is 42.6 Å². The van der Waals surface area contributed by atoms with Crippen LogP contribution in [0.25, 0.3) is 21.7 Å². The number of Topliss-reactive ketones (excluding diaryl/α,β-unsaturated/α-hetero) is 1. The smallest absolute Gasteiger partial charge is 0.276 e. The van der Waals surface area contributed by atoms with Gasteiger partial charge in [0.25, 0.3) is 5.91 Å². The lowest BCUT2D eigenvalue weighted by molar-refractivity contribution is 0.0972. The fourth-order valence-corrected chi connectivity index (χ4v) is 6.84. The second-order valence-electron chi connectivity index (χ2n) is 10.8. The number of nitrogens with zero attached hydrogens (tertiary/aromatic N) is 3. The Hall–Kier alpha value is -3.81. The SMILES string of the molecule is O=C(CC1CC1)c1cc2c(s1)-c1ccccc1N(C(=O)c1cccc(-c3ccc(N4CCOCC4)cc3)n1)CC2. The van der Waals surface area contributed by atoms with Gasteiger partial charge >= 0.3 is 0 Å². The van der Waals surface area contributed by atoms with Gasteiger partial charge in [-0.15, -0.1) is 11.3 Å². The van der Waals surface area contributed by atoms with Crippen molar-refractivity contribution in [2.45, 2.75) is 25.7 Å². The molecule has 1 saturated carbocycles. The molecule has 4 aromatic rings. The van der Waals surface area contributed by atoms with Crippen molar-refractivity contribution in [3.8, 4) is 21.7 Å². The summed E-state index contributed by atoms with van der Waals surface area (Å²) in [7, 11) is 0. The summed E-state index contributed by atoms with van der Waals surface area (Å²) in [5, 5.41) is 0. The van der Waals surface area contributed by atoms with E-state index in [1.807, 2.05) is 35.2 Å². The van der Waals surface area contributed by atoms with Gasteiger partial charge in [-0.25, -0.2) is 4.98 Å². The summed E-state index contributed by atoms with van der Waals surface area (Å²) in [6, 6.07) is 24.1. The molecular weight excluding hydrogens is 518 g/mol. The van der Waals surface area contributed by atoms with Crippen molar-refractivity contribution in [1.29, 1.82) is 0 Å². The second-order valence-corrected chi connectivity index (χ2v) is 11.9. The van der Waals surface area contributed by atoms with Crippen LogP contribution in [-0.2, 0) is 11.2 Å². The fourth-order valence-electron chi connectivity index (χ4n) is 5.65. The molecular formula is C33H31N3O3S. The average molecular weight is 550 g/mol. The molecule has 2 fully saturated rings. The van der Waals surface area contributed by atoms with Gasteiger partial charge in [0.15, 0.2) is 5.78 Å². The number of amides is 1. The molecule has 40 heavy (non-hydrogen) atoms. The van der Waals surface area contributed by atoms with E-state index >= 15 is 0 Å². The first-order chi connectivity index (χ1) is 19.6. The van der Waals surface area contributed by atoms with E-state index in [0.29, 0.717) is 31.0 Å². The van der Waals surface area contributed by atoms with Crippen LogP contribution in [0.15, 0.2) is 72.8 Å². The van der Waals surface area contributed by atoms with E-state index in [1.165, 1.54) is 18.5 Å². The van der Waals surface area contributed by atoms with Gasteiger partial charge in [0.05, 0.1) is 29.5 Å². The van der Waals surface area contributed by atoms with Crippen LogP contribution < -0.4 is 9.80 Å². The number of fused-ring (bicyclic) bond motifs is 3. The Kier molecular flexibility index (Phi) is 6.69. The van der Waals surface area contributed by atoms with Gasteiger partial charge in [-0.1, -0.05) is 36.4 Å². The molecule has 0 bridgehead atoms. The number of morpholine rings is 1. The molecule has 0 unspecified atom stereocenters. The number of hydrogen-bond donors (Lipinski definition) is 0. The first-order valence-electron chi connectivity index (χ1n) is 14.1. The van der Waals surface area contributed by atoms with E-state index in [0.717, 1.165) is 64.1 Å². The number of ketones is 1. The average Bonchev–Trinajstić information content (AvgIpc) is 3.75. The second kappa shape index (κ2) is 10.6. The van der Waals surface area contributed by atoms with Crippen LogP contribution in [0.1, 0.15) is 45.0 Å². The van der Waals surface area contributed by atoms with Crippen molar-refractivity contribution < 1.29 is 14.3 Å². The highest BCUT2D eigenvalue weighted by molar-refractivity contribution is 7.17. The Labute approximate surface area is 238 Å². The highest BCUT2D eigenvalue weighted by atomic mass is 32.1. The predicted octanol–water partition coefficient (Wildman–Crippen LogP) is 6.50. The van der Waals surface area contributed by atoms with Gasteiger partial charge in [0.1, 0.15) is 5.69 Å². The van der Waals surface area contributed by atoms with Crippen LogP contribution in [0.5, 0.6) is 0 Å². The van der Waals surface area contributed by atoms with Crippen LogP contribution in [0.3, 0.4) is 0 Å². The summed E-state index contributed by atoms with van der Waals surface area (Å²) in [6.07, 6.45) is 3.70. The van der Waals surface area contributed by atoms with Crippen LogP contribution in [-0.4, -0.2) is 49.5 Å². The Balaban J connectivity index is 1.15. The number of pyridine rings is 1. The fraction of sp³-hybridized carbons (Fsp3) is 0.303. The molecule has 4 heterocycles. The Morgan fingerprint density at radius 3 is 2.52 bits per heavy atom. The van der Waals surface area contributed by atoms with Gasteiger partial charge in [0, 0.05) is 47.7 Å². The number of rotatable bonds is 6. The minimum absolute atomic E-state index is 0.112. The third-order valence-corrected chi connectivity index (χ3v) is 9.30. The minimum Gasteiger partial charge on any atom is -0.378 e. The zero-order valence-electron chi connectivity index (χ0n) is 22.3. The van der Waals surface area contributed by atoms with Crippen molar-refractivity contribution >= 4 is 34.4 Å². The number of para-hydroxylation sites is 1. The first-order valence-corrected chi connectivity index (χ1v) is 14.9. The number of anilines is 2. The molecule has 3 aliphatic rings. The molecule has 2 aromatic carbocycles. The van der Waals surface area contributed by atoms with Gasteiger partial charge < -0.3 is 14.5 Å². The molecule has 0 N–H and O–H groups in total. The summed E-state index contributed by atoms with van der Waals surface area (Å²) >= 11 is 1.58. The number of benzene rings is 2. The maximum absolute atomic E-state index is 13.9. The molecule has 0 radical (unpaired) electrons. The molecule has 0 atom stereocenters. The van der Waals surface area contributed by atoms with Gasteiger partial charge in [-0.05, 0) is 67.1 Å². The maximum Gasteiger partial charge on any atom is 0.276 e. The molecule has 1 saturated heterocycles. The van der Waals surface area contributed by atoms with E-state index in [1.54, 1.807) is 17.4 Å². The van der Waals surface area contributed by atoms with Crippen LogP contribution in [0.4, 0.5) is 11.4 Å². The Morgan fingerprint density at radius 2 is 1.73 bits per heavy atom. The monoisotopic (exact) mass is 549 g/mol. The molecule has 2 aliphatic heterocycles. The molecule has 0 spiro atoms. The number of carbonyl (C=O) groups is 2. The van der Waals surface area contributed by atoms with Crippen LogP contribution >= 0.6 is 11.3 Å². The summed E-state index contributed by atoms with van der Waals surface area (Å²) in [5.41, 5.74) is 6.38. The number of aromatic nitrogens is 1. The molecule has 7 rings (SSSR count). The summed E-state index contributed by atoms with van der Waals surface area (Å²) in [4.78, 5) is 37.7. The normalized spacial score (nSPS) is 16.7. The molecule has 1 aliphatic carbocycles. The van der Waals surface area contributed by atoms with E-state index in [4.69, 9.17) is 9.72 Å². The van der Waals surface area contributed by atoms with Crippen molar-refractivity contribution in [3.05, 3.63) is 88.9 Å². The molecule has 2 aromatic heterocycles. The number of carbonyl (C=O) groups excluding carboxylic acids is 2. The van der Waals surface area contributed by atoms with Crippen molar-refractivity contribution in [2.24, 2.45) is 5.92 Å². The van der Waals surface area contributed by atoms with Crippen LogP contribution in [0.2, 0.25) is 0 Å². The van der Waals surface area contributed by atoms with Crippen LogP contribution in [0, 0.1) is 5.92 Å². The first kappa shape index (κ1) is 25.2. The van der Waals surface area contributed by atoms with Crippen molar-refractivity contribution in [1.82, 2.24) is 4.98 Å². The standard InChI is InChI=1S/C33H31N3O3S/c37-30(20-22-8-9-22)31-21-24-14-15-36(29-7-2-1-4-26(29)32(24)40-31)33(38)28-6-3-5-27(34-28)23-10-12-25(13-11-23)35-16-18-39-19-17-35/h1-7,10-13,21-22H,8-9,14-20H2.